The Morgan fingerprint density at radius 3 is 2.32 bits per heavy atom. The largest absolute Gasteiger partial charge is 0.481 e. The van der Waals surface area contributed by atoms with Crippen molar-refractivity contribution in [3.05, 3.63) is 35.9 Å². The molecule has 2 rings (SSSR count). The minimum Gasteiger partial charge on any atom is -0.481 e. The number of rotatable bonds is 9. The van der Waals surface area contributed by atoms with E-state index in [9.17, 15) is 9.59 Å². The van der Waals surface area contributed by atoms with Gasteiger partial charge in [-0.3, -0.25) is 9.69 Å². The van der Waals surface area contributed by atoms with Crippen molar-refractivity contribution < 1.29 is 14.7 Å². The number of hydrogen-bond donors (Lipinski definition) is 2. The molecule has 138 valence electrons. The second kappa shape index (κ2) is 10.7. The predicted molar refractivity (Wildman–Crippen MR) is 97.4 cm³/mol. The van der Waals surface area contributed by atoms with Gasteiger partial charge in [-0.2, -0.15) is 0 Å². The monoisotopic (exact) mass is 347 g/mol. The molecule has 0 spiro atoms. The molecule has 1 aromatic rings. The quantitative estimate of drug-likeness (QED) is 0.673. The van der Waals surface area contributed by atoms with E-state index in [0.29, 0.717) is 13.0 Å². The molecule has 0 radical (unpaired) electrons. The van der Waals surface area contributed by atoms with E-state index in [4.69, 9.17) is 5.11 Å². The van der Waals surface area contributed by atoms with Gasteiger partial charge in [0.15, 0.2) is 0 Å². The van der Waals surface area contributed by atoms with E-state index < -0.39 is 5.97 Å². The van der Waals surface area contributed by atoms with Gasteiger partial charge in [-0.25, -0.2) is 4.79 Å². The summed E-state index contributed by atoms with van der Waals surface area (Å²) in [6, 6.07) is 10.4. The molecule has 1 fully saturated rings. The SMILES string of the molecule is O=C(O)CCCCCCNC(=O)N1CCN(Cc2ccccc2)CC1. The van der Waals surface area contributed by atoms with Crippen LogP contribution in [0, 0.1) is 0 Å². The average Bonchev–Trinajstić information content (AvgIpc) is 2.62. The third-order valence-corrected chi connectivity index (χ3v) is 4.50. The second-order valence-corrected chi connectivity index (χ2v) is 6.54. The Morgan fingerprint density at radius 1 is 0.960 bits per heavy atom. The van der Waals surface area contributed by atoms with Crippen molar-refractivity contribution in [1.29, 1.82) is 0 Å². The number of carbonyl (C=O) groups is 2. The van der Waals surface area contributed by atoms with Crippen LogP contribution in [0.4, 0.5) is 4.79 Å². The first-order chi connectivity index (χ1) is 12.1. The van der Waals surface area contributed by atoms with Crippen molar-refractivity contribution in [1.82, 2.24) is 15.1 Å². The molecule has 2 N–H and O–H groups in total. The van der Waals surface area contributed by atoms with Crippen LogP contribution >= 0.6 is 0 Å². The summed E-state index contributed by atoms with van der Waals surface area (Å²) in [7, 11) is 0. The number of unbranched alkanes of at least 4 members (excludes halogenated alkanes) is 3. The number of carbonyl (C=O) groups excluding carboxylic acids is 1. The Morgan fingerprint density at radius 2 is 1.64 bits per heavy atom. The Kier molecular flexibility index (Phi) is 8.25. The summed E-state index contributed by atoms with van der Waals surface area (Å²) < 4.78 is 0. The molecule has 1 aliphatic heterocycles. The van der Waals surface area contributed by atoms with E-state index in [2.05, 4.69) is 34.5 Å². The highest BCUT2D eigenvalue weighted by atomic mass is 16.4. The molecule has 0 aliphatic carbocycles. The first-order valence-electron chi connectivity index (χ1n) is 9.16. The summed E-state index contributed by atoms with van der Waals surface area (Å²) >= 11 is 0. The number of nitrogens with one attached hydrogen (secondary N) is 1. The smallest absolute Gasteiger partial charge is 0.317 e. The van der Waals surface area contributed by atoms with Gasteiger partial charge in [-0.05, 0) is 18.4 Å². The van der Waals surface area contributed by atoms with Gasteiger partial charge in [0.1, 0.15) is 0 Å². The minimum absolute atomic E-state index is 0.0184. The summed E-state index contributed by atoms with van der Waals surface area (Å²) in [6.07, 6.45) is 3.71. The lowest BCUT2D eigenvalue weighted by Crippen LogP contribution is -2.51. The molecule has 0 atom stereocenters. The predicted octanol–water partition coefficient (Wildman–Crippen LogP) is 2.55. The standard InChI is InChI=1S/C19H29N3O3/c23-18(24)10-6-1-2-7-11-20-19(25)22-14-12-21(13-15-22)16-17-8-4-3-5-9-17/h3-5,8-9H,1-2,6-7,10-16H2,(H,20,25)(H,23,24). The summed E-state index contributed by atoms with van der Waals surface area (Å²) in [5.74, 6) is -0.736. The highest BCUT2D eigenvalue weighted by molar-refractivity contribution is 5.74. The van der Waals surface area contributed by atoms with Crippen molar-refractivity contribution >= 4 is 12.0 Å². The lowest BCUT2D eigenvalue weighted by molar-refractivity contribution is -0.137. The fourth-order valence-electron chi connectivity index (χ4n) is 3.01. The van der Waals surface area contributed by atoms with E-state index in [-0.39, 0.29) is 12.5 Å². The third kappa shape index (κ3) is 7.56. The van der Waals surface area contributed by atoms with Gasteiger partial charge < -0.3 is 15.3 Å². The van der Waals surface area contributed by atoms with Gasteiger partial charge in [0.2, 0.25) is 0 Å². The molecule has 0 unspecified atom stereocenters. The Balaban J connectivity index is 1.54. The van der Waals surface area contributed by atoms with E-state index in [1.54, 1.807) is 0 Å². The molecule has 1 saturated heterocycles. The maximum Gasteiger partial charge on any atom is 0.317 e. The molecule has 6 nitrogen and oxygen atoms in total. The van der Waals surface area contributed by atoms with Crippen molar-refractivity contribution in [2.45, 2.75) is 38.6 Å². The van der Waals surface area contributed by atoms with Crippen molar-refractivity contribution in [3.8, 4) is 0 Å². The van der Waals surface area contributed by atoms with Crippen LogP contribution in [0.15, 0.2) is 30.3 Å². The fraction of sp³-hybridized carbons (Fsp3) is 0.579. The van der Waals surface area contributed by atoms with Crippen LogP contribution in [0.3, 0.4) is 0 Å². The van der Waals surface area contributed by atoms with Crippen LogP contribution < -0.4 is 5.32 Å². The highest BCUT2D eigenvalue weighted by Crippen LogP contribution is 2.08. The first kappa shape index (κ1) is 19.2. The molecular formula is C19H29N3O3. The van der Waals surface area contributed by atoms with Crippen LogP contribution in [0.25, 0.3) is 0 Å². The molecular weight excluding hydrogens is 318 g/mol. The Labute approximate surface area is 149 Å². The molecule has 25 heavy (non-hydrogen) atoms. The molecule has 1 aromatic carbocycles. The number of urea groups is 1. The van der Waals surface area contributed by atoms with Crippen molar-refractivity contribution in [2.75, 3.05) is 32.7 Å². The van der Waals surface area contributed by atoms with Gasteiger partial charge in [0.05, 0.1) is 0 Å². The fourth-order valence-corrected chi connectivity index (χ4v) is 3.01. The maximum atomic E-state index is 12.2. The average molecular weight is 347 g/mol. The molecule has 6 heteroatoms. The summed E-state index contributed by atoms with van der Waals surface area (Å²) in [5, 5.41) is 11.5. The summed E-state index contributed by atoms with van der Waals surface area (Å²) in [5.41, 5.74) is 1.31. The van der Waals surface area contributed by atoms with Crippen LogP contribution in [0.5, 0.6) is 0 Å². The molecule has 0 aromatic heterocycles. The third-order valence-electron chi connectivity index (χ3n) is 4.50. The van der Waals surface area contributed by atoms with Crippen LogP contribution in [0.1, 0.15) is 37.7 Å². The molecule has 0 saturated carbocycles. The molecule has 1 heterocycles. The number of amides is 2. The Hall–Kier alpha value is -2.08. The number of hydrogen-bond acceptors (Lipinski definition) is 3. The van der Waals surface area contributed by atoms with E-state index in [0.717, 1.165) is 52.0 Å². The number of carboxylic acids is 1. The summed E-state index contributed by atoms with van der Waals surface area (Å²) in [4.78, 5) is 26.8. The van der Waals surface area contributed by atoms with Crippen LogP contribution in [0.2, 0.25) is 0 Å². The zero-order valence-corrected chi connectivity index (χ0v) is 14.8. The van der Waals surface area contributed by atoms with Crippen LogP contribution in [-0.4, -0.2) is 59.6 Å². The normalized spacial score (nSPS) is 15.1. The number of benzene rings is 1. The van der Waals surface area contributed by atoms with E-state index in [1.165, 1.54) is 5.56 Å². The number of nitrogens with zero attached hydrogens (tertiary/aromatic N) is 2. The maximum absolute atomic E-state index is 12.2. The molecule has 1 aliphatic rings. The lowest BCUT2D eigenvalue weighted by Gasteiger charge is -2.34. The van der Waals surface area contributed by atoms with Gasteiger partial charge in [-0.1, -0.05) is 43.2 Å². The van der Waals surface area contributed by atoms with Gasteiger partial charge in [0.25, 0.3) is 0 Å². The van der Waals surface area contributed by atoms with E-state index in [1.807, 2.05) is 11.0 Å². The minimum atomic E-state index is -0.736. The zero-order valence-electron chi connectivity index (χ0n) is 14.8. The van der Waals surface area contributed by atoms with Crippen molar-refractivity contribution in [2.24, 2.45) is 0 Å². The van der Waals surface area contributed by atoms with Crippen LogP contribution in [-0.2, 0) is 11.3 Å². The number of piperazine rings is 1. The molecule has 0 bridgehead atoms. The lowest BCUT2D eigenvalue weighted by atomic mass is 10.1. The summed E-state index contributed by atoms with van der Waals surface area (Å²) in [6.45, 7) is 4.92. The Bertz CT molecular complexity index is 528. The second-order valence-electron chi connectivity index (χ2n) is 6.54. The van der Waals surface area contributed by atoms with E-state index >= 15 is 0 Å². The number of carboxylic acid groups (broad SMARTS) is 1. The van der Waals surface area contributed by atoms with Gasteiger partial charge in [0, 0.05) is 45.7 Å². The van der Waals surface area contributed by atoms with Crippen molar-refractivity contribution in [3.63, 3.8) is 0 Å². The topological polar surface area (TPSA) is 72.9 Å². The highest BCUT2D eigenvalue weighted by Gasteiger charge is 2.20. The number of aliphatic carboxylic acids is 1. The molecule has 2 amide bonds. The van der Waals surface area contributed by atoms with Gasteiger partial charge >= 0.3 is 12.0 Å². The zero-order chi connectivity index (χ0) is 17.9. The first-order valence-corrected chi connectivity index (χ1v) is 9.16. The van der Waals surface area contributed by atoms with Gasteiger partial charge in [-0.15, -0.1) is 0 Å².